The van der Waals surface area contributed by atoms with Crippen molar-refractivity contribution >= 4 is 15.9 Å². The Balaban J connectivity index is 1.57. The first-order valence-electron chi connectivity index (χ1n) is 11.3. The highest BCUT2D eigenvalue weighted by Crippen LogP contribution is 2.25. The van der Waals surface area contributed by atoms with Gasteiger partial charge in [0.15, 0.2) is 0 Å². The summed E-state index contributed by atoms with van der Waals surface area (Å²) in [7, 11) is -2.01. The summed E-state index contributed by atoms with van der Waals surface area (Å²) >= 11 is 0. The zero-order valence-corrected chi connectivity index (χ0v) is 19.8. The van der Waals surface area contributed by atoms with Crippen molar-refractivity contribution in [1.29, 1.82) is 5.26 Å². The molecule has 1 fully saturated rings. The molecule has 2 aromatic rings. The molecule has 0 N–H and O–H groups in total. The van der Waals surface area contributed by atoms with Crippen molar-refractivity contribution in [3.8, 4) is 6.07 Å². The maximum atomic E-state index is 13.2. The number of ether oxygens (including phenoxy) is 1. The van der Waals surface area contributed by atoms with Gasteiger partial charge in [-0.3, -0.25) is 4.79 Å². The van der Waals surface area contributed by atoms with E-state index in [1.807, 2.05) is 29.2 Å². The molecule has 0 radical (unpaired) electrons. The number of carbonyl (C=O) groups is 1. The van der Waals surface area contributed by atoms with E-state index in [1.165, 1.54) is 34.1 Å². The summed E-state index contributed by atoms with van der Waals surface area (Å²) in [6, 6.07) is 18.1. The molecule has 0 saturated carbocycles. The highest BCUT2D eigenvalue weighted by atomic mass is 32.2. The third kappa shape index (κ3) is 6.64. The van der Waals surface area contributed by atoms with Gasteiger partial charge in [-0.2, -0.15) is 9.57 Å². The molecule has 7 nitrogen and oxygen atoms in total. The van der Waals surface area contributed by atoms with Gasteiger partial charge < -0.3 is 9.64 Å². The first-order valence-corrected chi connectivity index (χ1v) is 12.7. The van der Waals surface area contributed by atoms with Crippen LogP contribution in [0.5, 0.6) is 0 Å². The topological polar surface area (TPSA) is 90.7 Å². The molecular formula is C25H31N3O4S. The standard InChI is InChI=1S/C25H31N3O4S/c1-32-19-18-27(15-5-8-21-6-3-2-4-7-21)25(29)23-13-16-28(17-14-23)33(30,31)24-11-9-22(20-26)10-12-24/h2-4,6-7,9-12,23H,5,8,13-19H2,1H3. The van der Waals surface area contributed by atoms with Gasteiger partial charge in [-0.25, -0.2) is 8.42 Å². The Hall–Kier alpha value is -2.73. The predicted molar refractivity (Wildman–Crippen MR) is 126 cm³/mol. The lowest BCUT2D eigenvalue weighted by Gasteiger charge is -2.33. The molecule has 8 heteroatoms. The third-order valence-electron chi connectivity index (χ3n) is 6.04. The fourth-order valence-electron chi connectivity index (χ4n) is 4.10. The Morgan fingerprint density at radius 1 is 1.09 bits per heavy atom. The Labute approximate surface area is 196 Å². The SMILES string of the molecule is COCCN(CCCc1ccccc1)C(=O)C1CCN(S(=O)(=O)c2ccc(C#N)cc2)CC1. The number of methoxy groups -OCH3 is 1. The number of rotatable bonds is 10. The minimum absolute atomic E-state index is 0.0792. The number of nitrogens with zero attached hydrogens (tertiary/aromatic N) is 3. The van der Waals surface area contributed by atoms with E-state index in [4.69, 9.17) is 10.00 Å². The van der Waals surface area contributed by atoms with E-state index in [0.29, 0.717) is 51.2 Å². The normalized spacial score (nSPS) is 15.2. The molecule has 1 amide bonds. The lowest BCUT2D eigenvalue weighted by Crippen LogP contribution is -2.45. The summed E-state index contributed by atoms with van der Waals surface area (Å²) in [5.74, 6) is -0.110. The van der Waals surface area contributed by atoms with Gasteiger partial charge in [-0.1, -0.05) is 30.3 Å². The molecule has 0 spiro atoms. The van der Waals surface area contributed by atoms with Crippen molar-refractivity contribution < 1.29 is 17.9 Å². The number of benzene rings is 2. The number of aryl methyl sites for hydroxylation is 1. The maximum absolute atomic E-state index is 13.2. The summed E-state index contributed by atoms with van der Waals surface area (Å²) < 4.78 is 32.5. The molecule has 0 unspecified atom stereocenters. The second kappa shape index (κ2) is 11.9. The summed E-state index contributed by atoms with van der Waals surface area (Å²) in [4.78, 5) is 15.3. The second-order valence-corrected chi connectivity index (χ2v) is 10.2. The van der Waals surface area contributed by atoms with E-state index in [-0.39, 0.29) is 16.7 Å². The van der Waals surface area contributed by atoms with Crippen LogP contribution in [-0.2, 0) is 26.0 Å². The van der Waals surface area contributed by atoms with Crippen molar-refractivity contribution in [2.24, 2.45) is 5.92 Å². The van der Waals surface area contributed by atoms with Gasteiger partial charge in [-0.05, 0) is 55.5 Å². The zero-order chi connectivity index (χ0) is 23.7. The van der Waals surface area contributed by atoms with E-state index in [9.17, 15) is 13.2 Å². The van der Waals surface area contributed by atoms with E-state index < -0.39 is 10.0 Å². The predicted octanol–water partition coefficient (Wildman–Crippen LogP) is 3.07. The summed E-state index contributed by atoms with van der Waals surface area (Å²) in [6.45, 7) is 2.28. The fraction of sp³-hybridized carbons (Fsp3) is 0.440. The number of carbonyl (C=O) groups excluding carboxylic acids is 1. The molecule has 0 atom stereocenters. The van der Waals surface area contributed by atoms with Crippen LogP contribution in [0.4, 0.5) is 0 Å². The summed E-state index contributed by atoms with van der Waals surface area (Å²) in [6.07, 6.45) is 2.76. The van der Waals surface area contributed by atoms with Crippen LogP contribution in [0.3, 0.4) is 0 Å². The molecule has 1 saturated heterocycles. The molecule has 176 valence electrons. The van der Waals surface area contributed by atoms with Crippen LogP contribution >= 0.6 is 0 Å². The molecule has 33 heavy (non-hydrogen) atoms. The van der Waals surface area contributed by atoms with Gasteiger partial charge in [0.2, 0.25) is 15.9 Å². The maximum Gasteiger partial charge on any atom is 0.243 e. The summed E-state index contributed by atoms with van der Waals surface area (Å²) in [5, 5.41) is 8.92. The van der Waals surface area contributed by atoms with Gasteiger partial charge in [-0.15, -0.1) is 0 Å². The monoisotopic (exact) mass is 469 g/mol. The summed E-state index contributed by atoms with van der Waals surface area (Å²) in [5.41, 5.74) is 1.67. The smallest absolute Gasteiger partial charge is 0.243 e. The molecule has 0 aromatic heterocycles. The van der Waals surface area contributed by atoms with E-state index in [1.54, 1.807) is 7.11 Å². The molecule has 1 aliphatic heterocycles. The number of hydrogen-bond acceptors (Lipinski definition) is 5. The highest BCUT2D eigenvalue weighted by Gasteiger charge is 2.33. The van der Waals surface area contributed by atoms with Gasteiger partial charge in [0.1, 0.15) is 0 Å². The van der Waals surface area contributed by atoms with Crippen LogP contribution < -0.4 is 0 Å². The van der Waals surface area contributed by atoms with E-state index >= 15 is 0 Å². The van der Waals surface area contributed by atoms with Crippen LogP contribution in [-0.4, -0.2) is 63.4 Å². The van der Waals surface area contributed by atoms with E-state index in [0.717, 1.165) is 12.8 Å². The van der Waals surface area contributed by atoms with Gasteiger partial charge in [0.25, 0.3) is 0 Å². The lowest BCUT2D eigenvalue weighted by molar-refractivity contribution is -0.137. The Kier molecular flexibility index (Phi) is 9.01. The van der Waals surface area contributed by atoms with Crippen molar-refractivity contribution in [2.45, 2.75) is 30.6 Å². The second-order valence-electron chi connectivity index (χ2n) is 8.22. The van der Waals surface area contributed by atoms with Crippen molar-refractivity contribution in [3.05, 3.63) is 65.7 Å². The Bertz CT molecular complexity index is 1040. The number of sulfonamides is 1. The molecule has 1 aliphatic rings. The van der Waals surface area contributed by atoms with Gasteiger partial charge in [0, 0.05) is 39.2 Å². The third-order valence-corrected chi connectivity index (χ3v) is 7.95. The zero-order valence-electron chi connectivity index (χ0n) is 19.0. The molecule has 0 bridgehead atoms. The first kappa shape index (κ1) is 24.9. The average molecular weight is 470 g/mol. The average Bonchev–Trinajstić information content (AvgIpc) is 2.86. The number of nitriles is 1. The molecular weight excluding hydrogens is 438 g/mol. The van der Waals surface area contributed by atoms with Crippen LogP contribution in [0.25, 0.3) is 0 Å². The van der Waals surface area contributed by atoms with Crippen LogP contribution in [0, 0.1) is 17.2 Å². The molecule has 3 rings (SSSR count). The Morgan fingerprint density at radius 3 is 2.36 bits per heavy atom. The van der Waals surface area contributed by atoms with Crippen LogP contribution in [0.15, 0.2) is 59.5 Å². The quantitative estimate of drug-likeness (QED) is 0.533. The highest BCUT2D eigenvalue weighted by molar-refractivity contribution is 7.89. The fourth-order valence-corrected chi connectivity index (χ4v) is 5.57. The van der Waals surface area contributed by atoms with Gasteiger partial charge in [0.05, 0.1) is 23.1 Å². The van der Waals surface area contributed by atoms with Gasteiger partial charge >= 0.3 is 0 Å². The number of hydrogen-bond donors (Lipinski definition) is 0. The van der Waals surface area contributed by atoms with Crippen molar-refractivity contribution in [2.75, 3.05) is 39.9 Å². The van der Waals surface area contributed by atoms with Crippen LogP contribution in [0.1, 0.15) is 30.4 Å². The van der Waals surface area contributed by atoms with Crippen molar-refractivity contribution in [1.82, 2.24) is 9.21 Å². The minimum atomic E-state index is -3.64. The van der Waals surface area contributed by atoms with Crippen molar-refractivity contribution in [3.63, 3.8) is 0 Å². The molecule has 2 aromatic carbocycles. The number of amides is 1. The molecule has 1 heterocycles. The first-order chi connectivity index (χ1) is 16.0. The van der Waals surface area contributed by atoms with E-state index in [2.05, 4.69) is 12.1 Å². The lowest BCUT2D eigenvalue weighted by atomic mass is 9.96. The van der Waals surface area contributed by atoms with Crippen LogP contribution in [0.2, 0.25) is 0 Å². The largest absolute Gasteiger partial charge is 0.383 e. The Morgan fingerprint density at radius 2 is 1.76 bits per heavy atom. The number of piperidine rings is 1. The minimum Gasteiger partial charge on any atom is -0.383 e. The molecule has 0 aliphatic carbocycles.